The highest BCUT2D eigenvalue weighted by Gasteiger charge is 2.14. The molecule has 104 valence electrons. The smallest absolute Gasteiger partial charge is 0.0589 e. The van der Waals surface area contributed by atoms with Crippen LogP contribution in [0.2, 0.25) is 0 Å². The van der Waals surface area contributed by atoms with Gasteiger partial charge < -0.3 is 10.2 Å². The lowest BCUT2D eigenvalue weighted by atomic mass is 10.0. The molecule has 3 nitrogen and oxygen atoms in total. The van der Waals surface area contributed by atoms with Crippen molar-refractivity contribution in [2.24, 2.45) is 0 Å². The van der Waals surface area contributed by atoms with Crippen molar-refractivity contribution in [2.45, 2.75) is 13.3 Å². The van der Waals surface area contributed by atoms with E-state index in [1.54, 1.807) is 0 Å². The molecule has 0 aliphatic carbocycles. The summed E-state index contributed by atoms with van der Waals surface area (Å²) in [7, 11) is 0. The zero-order valence-electron chi connectivity index (χ0n) is 12.0. The van der Waals surface area contributed by atoms with Crippen LogP contribution >= 0.6 is 0 Å². The summed E-state index contributed by atoms with van der Waals surface area (Å²) in [6.45, 7) is 6.53. The van der Waals surface area contributed by atoms with Crippen LogP contribution < -0.4 is 10.2 Å². The van der Waals surface area contributed by atoms with Crippen LogP contribution in [-0.2, 0) is 0 Å². The molecular formula is C17H21N3. The molecule has 1 aliphatic heterocycles. The predicted octanol–water partition coefficient (Wildman–Crippen LogP) is 2.86. The lowest BCUT2D eigenvalue weighted by Gasteiger charge is -2.25. The number of rotatable bonds is 2. The van der Waals surface area contributed by atoms with Crippen molar-refractivity contribution in [3.63, 3.8) is 0 Å². The standard InChI is InChI=1S/C17H21N3/c1-14-16(15-6-3-2-4-7-15)12-19-13-17(14)20-10-5-8-18-9-11-20/h2-4,6-7,12-13,18H,5,8-11H2,1H3. The number of nitrogens with zero attached hydrogens (tertiary/aromatic N) is 2. The topological polar surface area (TPSA) is 28.2 Å². The average molecular weight is 267 g/mol. The van der Waals surface area contributed by atoms with Crippen LogP contribution in [-0.4, -0.2) is 31.2 Å². The number of hydrogen-bond donors (Lipinski definition) is 1. The van der Waals surface area contributed by atoms with Crippen LogP contribution in [0.1, 0.15) is 12.0 Å². The first-order valence-electron chi connectivity index (χ1n) is 7.32. The monoisotopic (exact) mass is 267 g/mol. The van der Waals surface area contributed by atoms with Gasteiger partial charge in [-0.1, -0.05) is 30.3 Å². The van der Waals surface area contributed by atoms with E-state index in [2.05, 4.69) is 52.5 Å². The van der Waals surface area contributed by atoms with Crippen LogP contribution in [0.4, 0.5) is 5.69 Å². The van der Waals surface area contributed by atoms with Gasteiger partial charge in [0.05, 0.1) is 11.9 Å². The molecule has 2 heterocycles. The first-order chi connectivity index (χ1) is 9.86. The van der Waals surface area contributed by atoms with E-state index in [4.69, 9.17) is 0 Å². The quantitative estimate of drug-likeness (QED) is 0.907. The van der Waals surface area contributed by atoms with Gasteiger partial charge >= 0.3 is 0 Å². The average Bonchev–Trinajstić information content (AvgIpc) is 2.77. The minimum Gasteiger partial charge on any atom is -0.369 e. The molecule has 1 N–H and O–H groups in total. The van der Waals surface area contributed by atoms with E-state index in [1.165, 1.54) is 28.8 Å². The maximum Gasteiger partial charge on any atom is 0.0589 e. The summed E-state index contributed by atoms with van der Waals surface area (Å²) in [6.07, 6.45) is 5.17. The number of aromatic nitrogens is 1. The molecule has 0 bridgehead atoms. The molecule has 0 amide bonds. The molecule has 3 rings (SSSR count). The van der Waals surface area contributed by atoms with Crippen LogP contribution in [0.25, 0.3) is 11.1 Å². The molecule has 1 fully saturated rings. The number of hydrogen-bond acceptors (Lipinski definition) is 3. The summed E-state index contributed by atoms with van der Waals surface area (Å²) in [5.74, 6) is 0. The third kappa shape index (κ3) is 2.68. The number of benzene rings is 1. The summed E-state index contributed by atoms with van der Waals surface area (Å²) >= 11 is 0. The van der Waals surface area contributed by atoms with Gasteiger partial charge in [-0.15, -0.1) is 0 Å². The van der Waals surface area contributed by atoms with Crippen molar-refractivity contribution in [3.8, 4) is 11.1 Å². The van der Waals surface area contributed by atoms with Gasteiger partial charge in [0.1, 0.15) is 0 Å². The molecule has 1 aliphatic rings. The Morgan fingerprint density at radius 3 is 2.75 bits per heavy atom. The minimum atomic E-state index is 1.05. The zero-order chi connectivity index (χ0) is 13.8. The predicted molar refractivity (Wildman–Crippen MR) is 84.1 cm³/mol. The second kappa shape index (κ2) is 6.06. The van der Waals surface area contributed by atoms with Gasteiger partial charge in [-0.3, -0.25) is 4.98 Å². The van der Waals surface area contributed by atoms with Crippen molar-refractivity contribution in [2.75, 3.05) is 31.1 Å². The zero-order valence-corrected chi connectivity index (χ0v) is 12.0. The van der Waals surface area contributed by atoms with Crippen molar-refractivity contribution in [1.82, 2.24) is 10.3 Å². The van der Waals surface area contributed by atoms with Crippen LogP contribution in [0.3, 0.4) is 0 Å². The third-order valence-electron chi connectivity index (χ3n) is 3.95. The fourth-order valence-electron chi connectivity index (χ4n) is 2.83. The number of anilines is 1. The molecular weight excluding hydrogens is 246 g/mol. The molecule has 0 radical (unpaired) electrons. The van der Waals surface area contributed by atoms with E-state index in [-0.39, 0.29) is 0 Å². The van der Waals surface area contributed by atoms with Crippen LogP contribution in [0, 0.1) is 6.92 Å². The second-order valence-corrected chi connectivity index (χ2v) is 5.29. The van der Waals surface area contributed by atoms with Gasteiger partial charge in [-0.05, 0) is 31.0 Å². The van der Waals surface area contributed by atoms with Crippen molar-refractivity contribution in [1.29, 1.82) is 0 Å². The molecule has 3 heteroatoms. The second-order valence-electron chi connectivity index (χ2n) is 5.29. The van der Waals surface area contributed by atoms with E-state index in [0.717, 1.165) is 26.2 Å². The maximum atomic E-state index is 4.47. The van der Waals surface area contributed by atoms with E-state index in [9.17, 15) is 0 Å². The Kier molecular flexibility index (Phi) is 3.97. The van der Waals surface area contributed by atoms with Gasteiger partial charge in [-0.25, -0.2) is 0 Å². The highest BCUT2D eigenvalue weighted by Crippen LogP contribution is 2.29. The third-order valence-corrected chi connectivity index (χ3v) is 3.95. The Morgan fingerprint density at radius 1 is 1.05 bits per heavy atom. The SMILES string of the molecule is Cc1c(-c2ccccc2)cncc1N1CCCNCC1. The van der Waals surface area contributed by atoms with Gasteiger partial charge in [0.2, 0.25) is 0 Å². The van der Waals surface area contributed by atoms with Crippen molar-refractivity contribution < 1.29 is 0 Å². The molecule has 0 saturated carbocycles. The summed E-state index contributed by atoms with van der Waals surface area (Å²) < 4.78 is 0. The molecule has 2 aromatic rings. The Bertz CT molecular complexity index is 558. The summed E-state index contributed by atoms with van der Waals surface area (Å²) in [6, 6.07) is 10.5. The van der Waals surface area contributed by atoms with Gasteiger partial charge in [0, 0.05) is 31.4 Å². The van der Waals surface area contributed by atoms with E-state index >= 15 is 0 Å². The largest absolute Gasteiger partial charge is 0.369 e. The molecule has 0 spiro atoms. The van der Waals surface area contributed by atoms with Crippen LogP contribution in [0.5, 0.6) is 0 Å². The van der Waals surface area contributed by atoms with Gasteiger partial charge in [-0.2, -0.15) is 0 Å². The normalized spacial score (nSPS) is 15.9. The Hall–Kier alpha value is -1.87. The minimum absolute atomic E-state index is 1.05. The Balaban J connectivity index is 1.96. The maximum absolute atomic E-state index is 4.47. The number of pyridine rings is 1. The Labute approximate surface area is 120 Å². The summed E-state index contributed by atoms with van der Waals surface area (Å²) in [5, 5.41) is 3.45. The molecule has 1 saturated heterocycles. The molecule has 0 atom stereocenters. The molecule has 0 unspecified atom stereocenters. The van der Waals surface area contributed by atoms with Gasteiger partial charge in [0.15, 0.2) is 0 Å². The highest BCUT2D eigenvalue weighted by molar-refractivity contribution is 5.72. The van der Waals surface area contributed by atoms with E-state index in [1.807, 2.05) is 12.4 Å². The summed E-state index contributed by atoms with van der Waals surface area (Å²) in [5.41, 5.74) is 5.08. The Morgan fingerprint density at radius 2 is 1.90 bits per heavy atom. The lowest BCUT2D eigenvalue weighted by Crippen LogP contribution is -2.28. The van der Waals surface area contributed by atoms with Crippen molar-refractivity contribution >= 4 is 5.69 Å². The fourth-order valence-corrected chi connectivity index (χ4v) is 2.83. The van der Waals surface area contributed by atoms with Crippen molar-refractivity contribution in [3.05, 3.63) is 48.3 Å². The van der Waals surface area contributed by atoms with Crippen LogP contribution in [0.15, 0.2) is 42.7 Å². The van der Waals surface area contributed by atoms with E-state index < -0.39 is 0 Å². The highest BCUT2D eigenvalue weighted by atomic mass is 15.2. The molecule has 1 aromatic carbocycles. The summed E-state index contributed by atoms with van der Waals surface area (Å²) in [4.78, 5) is 6.92. The van der Waals surface area contributed by atoms with E-state index in [0.29, 0.717) is 0 Å². The lowest BCUT2D eigenvalue weighted by molar-refractivity contribution is 0.724. The first kappa shape index (κ1) is 13.1. The molecule has 20 heavy (non-hydrogen) atoms. The first-order valence-corrected chi connectivity index (χ1v) is 7.32. The number of nitrogens with one attached hydrogen (secondary N) is 1. The van der Waals surface area contributed by atoms with Gasteiger partial charge in [0.25, 0.3) is 0 Å². The molecule has 1 aromatic heterocycles. The fraction of sp³-hybridized carbons (Fsp3) is 0.353.